The van der Waals surface area contributed by atoms with Crippen molar-refractivity contribution in [3.63, 3.8) is 0 Å². The van der Waals surface area contributed by atoms with Crippen molar-refractivity contribution >= 4 is 82.3 Å². The Kier molecular flexibility index (Phi) is 78.3. The number of hydrogen-bond donors (Lipinski definition) is 2. The summed E-state index contributed by atoms with van der Waals surface area (Å²) in [6.45, 7) is 18.0. The van der Waals surface area contributed by atoms with Crippen LogP contribution in [0.4, 0.5) is 0 Å². The van der Waals surface area contributed by atoms with Gasteiger partial charge in [0.1, 0.15) is 0 Å². The third kappa shape index (κ3) is 76.3. The van der Waals surface area contributed by atoms with Crippen molar-refractivity contribution in [2.24, 2.45) is 0 Å². The molecular weight excluding hydrogens is 1150 g/mol. The van der Waals surface area contributed by atoms with E-state index in [4.69, 9.17) is 33.2 Å². The highest BCUT2D eigenvalue weighted by molar-refractivity contribution is 8.06. The molecule has 0 spiro atoms. The average molecular weight is 1280 g/mol. The van der Waals surface area contributed by atoms with E-state index in [0.717, 1.165) is 92.5 Å². The van der Waals surface area contributed by atoms with E-state index >= 15 is 0 Å². The molecule has 13 aliphatic heterocycles. The summed E-state index contributed by atoms with van der Waals surface area (Å²) in [5.74, 6) is 19.2. The van der Waals surface area contributed by atoms with E-state index in [1.54, 1.807) is 0 Å². The van der Waals surface area contributed by atoms with Crippen molar-refractivity contribution < 1.29 is 33.2 Å². The number of nitrogens with one attached hydrogen (secondary N) is 2. The Morgan fingerprint density at radius 2 is 0.321 bits per heavy atom. The third-order valence-electron chi connectivity index (χ3n) is 14.0. The molecule has 2 aliphatic carbocycles. The van der Waals surface area contributed by atoms with Gasteiger partial charge in [-0.2, -0.15) is 82.3 Å². The maximum Gasteiger partial charge on any atom is 0.0701 e. The first-order chi connectivity index (χ1) is 40.5. The van der Waals surface area contributed by atoms with Gasteiger partial charge in [0.25, 0.3) is 0 Å². The van der Waals surface area contributed by atoms with Gasteiger partial charge in [0.2, 0.25) is 0 Å². The summed E-state index contributed by atoms with van der Waals surface area (Å²) >= 11 is 14.4. The molecule has 0 unspecified atom stereocenters. The van der Waals surface area contributed by atoms with Crippen LogP contribution in [0.3, 0.4) is 0 Å². The van der Waals surface area contributed by atoms with Crippen LogP contribution in [-0.4, -0.2) is 199 Å². The Bertz CT molecular complexity index is 695. The third-order valence-corrected chi connectivity index (χ3v) is 22.0. The molecule has 0 aromatic rings. The quantitative estimate of drug-likeness (QED) is 0.241. The number of rotatable bonds is 0. The molecule has 13 saturated heterocycles. The zero-order valence-electron chi connectivity index (χ0n) is 52.7. The summed E-state index contributed by atoms with van der Waals surface area (Å²) in [4.78, 5) is 0. The SMILES string of the molecule is C1CCCC1.C1CCCCC1.C1CCNCC1.C1CCOC1.C1CCOCC1.C1CCOCC1.C1CCSC1.C1CCSCC1.C1CCSCC1.C1CNC1.C1COC1.C1COCCO1.C1CSC1.C1CSCCO1.C1CSCCS1. The Labute approximate surface area is 533 Å². The lowest BCUT2D eigenvalue weighted by Crippen LogP contribution is -2.29. The summed E-state index contributed by atoms with van der Waals surface area (Å²) < 4.78 is 34.7. The van der Waals surface area contributed by atoms with Crippen molar-refractivity contribution in [3.8, 4) is 0 Å². The predicted octanol–water partition coefficient (Wildman–Crippen LogP) is 17.3. The lowest BCUT2D eigenvalue weighted by molar-refractivity contribution is -0.0334. The molecule has 15 rings (SSSR count). The van der Waals surface area contributed by atoms with Crippen LogP contribution in [0.15, 0.2) is 0 Å². The zero-order valence-corrected chi connectivity index (χ0v) is 58.4. The second kappa shape index (κ2) is 78.2. The summed E-state index contributed by atoms with van der Waals surface area (Å²) in [7, 11) is 0. The van der Waals surface area contributed by atoms with Crippen LogP contribution in [0.5, 0.6) is 0 Å². The van der Waals surface area contributed by atoms with Crippen molar-refractivity contribution in [3.05, 3.63) is 0 Å². The van der Waals surface area contributed by atoms with Gasteiger partial charge in [-0.1, -0.05) is 89.9 Å². The summed E-state index contributed by atoms with van der Waals surface area (Å²) in [5, 5.41) is 6.40. The Morgan fingerprint density at radius 3 is 0.432 bits per heavy atom. The topological polar surface area (TPSA) is 88.7 Å². The molecule has 0 bridgehead atoms. The van der Waals surface area contributed by atoms with Gasteiger partial charge in [0, 0.05) is 87.4 Å². The Balaban J connectivity index is 0.000000435. The first kappa shape index (κ1) is 81.1. The van der Waals surface area contributed by atoms with E-state index < -0.39 is 0 Å². The van der Waals surface area contributed by atoms with E-state index in [1.807, 2.05) is 23.5 Å². The molecule has 0 radical (unpaired) electrons. The minimum Gasteiger partial charge on any atom is -0.381 e. The van der Waals surface area contributed by atoms with E-state index in [9.17, 15) is 0 Å². The first-order valence-electron chi connectivity index (χ1n) is 34.0. The molecular formula is C65H132N2O7S7. The van der Waals surface area contributed by atoms with Crippen LogP contribution >= 0.6 is 82.3 Å². The highest BCUT2D eigenvalue weighted by atomic mass is 32.2. The van der Waals surface area contributed by atoms with Crippen LogP contribution in [0.2, 0.25) is 0 Å². The summed E-state index contributed by atoms with van der Waals surface area (Å²) in [6, 6.07) is 0. The smallest absolute Gasteiger partial charge is 0.0701 e. The predicted molar refractivity (Wildman–Crippen MR) is 375 cm³/mol. The number of hydrogen-bond acceptors (Lipinski definition) is 16. The second-order valence-corrected chi connectivity index (χ2v) is 30.3. The molecule has 0 amide bonds. The van der Waals surface area contributed by atoms with Gasteiger partial charge >= 0.3 is 0 Å². The number of thioether (sulfide) groups is 7. The maximum atomic E-state index is 5.07. The van der Waals surface area contributed by atoms with Crippen LogP contribution in [0, 0.1) is 0 Å². The molecule has 486 valence electrons. The normalized spacial score (nSPS) is 24.0. The van der Waals surface area contributed by atoms with E-state index in [1.165, 1.54) is 319 Å². The van der Waals surface area contributed by atoms with Crippen LogP contribution < -0.4 is 10.6 Å². The molecule has 15 fully saturated rings. The van der Waals surface area contributed by atoms with E-state index in [-0.39, 0.29) is 0 Å². The number of ether oxygens (including phenoxy) is 7. The van der Waals surface area contributed by atoms with Gasteiger partial charge in [-0.3, -0.25) is 0 Å². The van der Waals surface area contributed by atoms with Crippen molar-refractivity contribution in [2.75, 3.05) is 199 Å². The minimum absolute atomic E-state index is 0.778. The Hall–Kier alpha value is 2.09. The second-order valence-electron chi connectivity index (χ2n) is 21.7. The fraction of sp³-hybridized carbons (Fsp3) is 1.00. The lowest BCUT2D eigenvalue weighted by atomic mass is 10.0. The van der Waals surface area contributed by atoms with Gasteiger partial charge in [0.15, 0.2) is 0 Å². The summed E-state index contributed by atoms with van der Waals surface area (Å²) in [5.41, 5.74) is 0. The molecule has 15 aliphatic rings. The zero-order chi connectivity index (χ0) is 57.3. The standard InChI is InChI=1S/C6H12.C5H11N.2C5H10O.2C5H10S.C5H10.C4H8O2.C4H8OS.C4H8O.C4H8S2.C4H8S.C3H7N.C3H6O.C3H6S/c6*1-2-4-6-5-3-1;1-2-4-5-3-1;1-2-6-4-3-5-1;1-3-6-4-2-5-1;1-2-4-5-3-1;1-2-6-4-3-5-1;1-2-4-5-3-1;3*1-2-4-3-1/h1-6H2;6H,1-5H2;4*1-5H2;1-5H2;2*1-4H2;1-4H2;1-4H2;1-4H2;4H,1-3H2;2*1-3H2. The molecule has 2 N–H and O–H groups in total. The average Bonchev–Trinajstić information content (AvgIpc) is 4.42. The maximum absolute atomic E-state index is 5.07. The summed E-state index contributed by atoms with van der Waals surface area (Å²) in [6.07, 6.45) is 47.0. The number of piperidine rings is 1. The van der Waals surface area contributed by atoms with Crippen molar-refractivity contribution in [2.45, 2.75) is 212 Å². The largest absolute Gasteiger partial charge is 0.381 e. The molecule has 81 heavy (non-hydrogen) atoms. The fourth-order valence-electron chi connectivity index (χ4n) is 8.30. The molecule has 0 atom stereocenters. The van der Waals surface area contributed by atoms with Crippen molar-refractivity contribution in [1.82, 2.24) is 10.6 Å². The highest BCUT2D eigenvalue weighted by Crippen LogP contribution is 2.19. The van der Waals surface area contributed by atoms with E-state index in [2.05, 4.69) is 69.4 Å². The van der Waals surface area contributed by atoms with Gasteiger partial charge in [-0.05, 0) is 194 Å². The fourth-order valence-corrected chi connectivity index (χ4v) is 14.6. The van der Waals surface area contributed by atoms with Gasteiger partial charge in [-0.25, -0.2) is 0 Å². The Morgan fingerprint density at radius 1 is 0.136 bits per heavy atom. The molecule has 2 saturated carbocycles. The molecule has 16 heteroatoms. The molecule has 9 nitrogen and oxygen atoms in total. The van der Waals surface area contributed by atoms with Crippen LogP contribution in [0.1, 0.15) is 212 Å². The van der Waals surface area contributed by atoms with E-state index in [0.29, 0.717) is 0 Å². The van der Waals surface area contributed by atoms with Gasteiger partial charge < -0.3 is 43.8 Å². The first-order valence-corrected chi connectivity index (χ1v) is 42.1. The lowest BCUT2D eigenvalue weighted by Gasteiger charge is -2.09. The minimum atomic E-state index is 0.778. The van der Waals surface area contributed by atoms with Crippen LogP contribution in [-0.2, 0) is 33.2 Å². The van der Waals surface area contributed by atoms with Crippen LogP contribution in [0.25, 0.3) is 0 Å². The van der Waals surface area contributed by atoms with Crippen molar-refractivity contribution in [1.29, 1.82) is 0 Å². The molecule has 0 aromatic heterocycles. The molecule has 0 aromatic carbocycles. The monoisotopic (exact) mass is 1280 g/mol. The highest BCUT2D eigenvalue weighted by Gasteiger charge is 2.02. The van der Waals surface area contributed by atoms with Gasteiger partial charge in [0.05, 0.1) is 39.6 Å². The van der Waals surface area contributed by atoms with Gasteiger partial charge in [-0.15, -0.1) is 0 Å². The molecule has 13 heterocycles.